The maximum Gasteiger partial charge on any atom is 0.307 e. The number of hydrogen-bond donors (Lipinski definition) is 0. The fourth-order valence-corrected chi connectivity index (χ4v) is 2.16. The van der Waals surface area contributed by atoms with E-state index in [-0.39, 0.29) is 24.9 Å². The first-order valence-corrected chi connectivity index (χ1v) is 8.66. The normalized spacial score (nSPS) is 10.4. The molecule has 6 heteroatoms. The molecule has 0 bridgehead atoms. The number of methoxy groups -OCH3 is 1. The monoisotopic (exact) mass is 351 g/mol. The Morgan fingerprint density at radius 1 is 1.16 bits per heavy atom. The smallest absolute Gasteiger partial charge is 0.307 e. The fraction of sp³-hybridized carbons (Fsp3) is 0.579. The molecule has 0 spiro atoms. The van der Waals surface area contributed by atoms with Gasteiger partial charge in [0.25, 0.3) is 5.91 Å². The molecule has 0 aliphatic heterocycles. The molecule has 0 aliphatic carbocycles. The van der Waals surface area contributed by atoms with Crippen molar-refractivity contribution in [1.82, 2.24) is 4.90 Å². The molecule has 0 heterocycles. The zero-order valence-corrected chi connectivity index (χ0v) is 15.6. The van der Waals surface area contributed by atoms with Gasteiger partial charge in [0.05, 0.1) is 20.1 Å². The molecule has 1 rings (SSSR count). The molecule has 0 aliphatic rings. The van der Waals surface area contributed by atoms with Crippen LogP contribution in [-0.2, 0) is 14.3 Å². The Balaban J connectivity index is 2.58. The molecule has 0 fully saturated rings. The van der Waals surface area contributed by atoms with Gasteiger partial charge in [-0.05, 0) is 31.4 Å². The Morgan fingerprint density at radius 2 is 1.88 bits per heavy atom. The van der Waals surface area contributed by atoms with E-state index in [0.29, 0.717) is 37.1 Å². The minimum atomic E-state index is -0.293. The Bertz CT molecular complexity index is 544. The van der Waals surface area contributed by atoms with Gasteiger partial charge in [-0.2, -0.15) is 0 Å². The Morgan fingerprint density at radius 3 is 2.52 bits per heavy atom. The molecule has 0 N–H and O–H groups in total. The van der Waals surface area contributed by atoms with Crippen LogP contribution < -0.4 is 9.47 Å². The van der Waals surface area contributed by atoms with Crippen LogP contribution in [0, 0.1) is 5.92 Å². The number of nitrogens with zero attached hydrogens (tertiary/aromatic N) is 1. The number of amides is 1. The number of hydrogen-bond acceptors (Lipinski definition) is 5. The summed E-state index contributed by atoms with van der Waals surface area (Å²) in [6.07, 6.45) is 1.06. The predicted octanol–water partition coefficient (Wildman–Crippen LogP) is 2.90. The van der Waals surface area contributed by atoms with Gasteiger partial charge < -0.3 is 19.1 Å². The van der Waals surface area contributed by atoms with E-state index in [1.54, 1.807) is 37.1 Å². The zero-order valence-electron chi connectivity index (χ0n) is 15.6. The SMILES string of the molecule is CCOC(=O)CCN(CCC(C)C)C(=O)COc1cccc(OC)c1. The summed E-state index contributed by atoms with van der Waals surface area (Å²) in [5.41, 5.74) is 0. The van der Waals surface area contributed by atoms with Crippen molar-refractivity contribution in [2.45, 2.75) is 33.6 Å². The van der Waals surface area contributed by atoms with Crippen LogP contribution in [0.25, 0.3) is 0 Å². The summed E-state index contributed by atoms with van der Waals surface area (Å²) in [6.45, 7) is 7.16. The third-order valence-corrected chi connectivity index (χ3v) is 3.62. The summed E-state index contributed by atoms with van der Waals surface area (Å²) < 4.78 is 15.6. The first-order chi connectivity index (χ1) is 12.0. The summed E-state index contributed by atoms with van der Waals surface area (Å²) in [5.74, 6) is 1.27. The molecule has 0 saturated heterocycles. The lowest BCUT2D eigenvalue weighted by Gasteiger charge is -2.23. The Labute approximate surface area is 150 Å². The van der Waals surface area contributed by atoms with Crippen LogP contribution in [-0.4, -0.2) is 50.2 Å². The number of benzene rings is 1. The zero-order chi connectivity index (χ0) is 18.7. The van der Waals surface area contributed by atoms with E-state index in [9.17, 15) is 9.59 Å². The van der Waals surface area contributed by atoms with Crippen molar-refractivity contribution in [3.63, 3.8) is 0 Å². The van der Waals surface area contributed by atoms with Gasteiger partial charge in [-0.15, -0.1) is 0 Å². The highest BCUT2D eigenvalue weighted by molar-refractivity contribution is 5.78. The molecule has 25 heavy (non-hydrogen) atoms. The molecule has 0 aromatic heterocycles. The van der Waals surface area contributed by atoms with E-state index in [0.717, 1.165) is 6.42 Å². The van der Waals surface area contributed by atoms with Crippen molar-refractivity contribution >= 4 is 11.9 Å². The lowest BCUT2D eigenvalue weighted by atomic mass is 10.1. The molecular formula is C19H29NO5. The topological polar surface area (TPSA) is 65.1 Å². The van der Waals surface area contributed by atoms with E-state index < -0.39 is 0 Å². The summed E-state index contributed by atoms with van der Waals surface area (Å²) >= 11 is 0. The first-order valence-electron chi connectivity index (χ1n) is 8.66. The van der Waals surface area contributed by atoms with E-state index in [2.05, 4.69) is 13.8 Å². The van der Waals surface area contributed by atoms with Gasteiger partial charge in [-0.3, -0.25) is 9.59 Å². The molecule has 6 nitrogen and oxygen atoms in total. The number of esters is 1. The largest absolute Gasteiger partial charge is 0.497 e. The summed E-state index contributed by atoms with van der Waals surface area (Å²) in [7, 11) is 1.58. The van der Waals surface area contributed by atoms with E-state index in [1.807, 2.05) is 6.07 Å². The van der Waals surface area contributed by atoms with Crippen LogP contribution in [0.3, 0.4) is 0 Å². The van der Waals surface area contributed by atoms with Crippen molar-refractivity contribution in [3.8, 4) is 11.5 Å². The van der Waals surface area contributed by atoms with Gasteiger partial charge >= 0.3 is 5.97 Å². The molecule has 0 radical (unpaired) electrons. The van der Waals surface area contributed by atoms with E-state index in [1.165, 1.54) is 0 Å². The minimum Gasteiger partial charge on any atom is -0.497 e. The van der Waals surface area contributed by atoms with Crippen LogP contribution in [0.2, 0.25) is 0 Å². The highest BCUT2D eigenvalue weighted by atomic mass is 16.5. The second-order valence-electron chi connectivity index (χ2n) is 6.09. The standard InChI is InChI=1S/C19H29NO5/c1-5-24-19(22)10-12-20(11-9-15(2)3)18(21)14-25-17-8-6-7-16(13-17)23-4/h6-8,13,15H,5,9-12,14H2,1-4H3. The van der Waals surface area contributed by atoms with E-state index >= 15 is 0 Å². The lowest BCUT2D eigenvalue weighted by molar-refractivity contribution is -0.144. The van der Waals surface area contributed by atoms with Crippen molar-refractivity contribution in [2.24, 2.45) is 5.92 Å². The van der Waals surface area contributed by atoms with Crippen LogP contribution in [0.1, 0.15) is 33.6 Å². The van der Waals surface area contributed by atoms with Gasteiger partial charge in [0, 0.05) is 19.2 Å². The van der Waals surface area contributed by atoms with Crippen LogP contribution in [0.4, 0.5) is 0 Å². The number of rotatable bonds is 11. The molecule has 1 aromatic rings. The highest BCUT2D eigenvalue weighted by Gasteiger charge is 2.16. The number of ether oxygens (including phenoxy) is 3. The van der Waals surface area contributed by atoms with Gasteiger partial charge in [0.2, 0.25) is 0 Å². The minimum absolute atomic E-state index is 0.0753. The second-order valence-corrected chi connectivity index (χ2v) is 6.09. The third kappa shape index (κ3) is 8.42. The van der Waals surface area contributed by atoms with Crippen molar-refractivity contribution < 1.29 is 23.8 Å². The molecule has 1 amide bonds. The second kappa shape index (κ2) is 11.3. The molecule has 1 aromatic carbocycles. The fourth-order valence-electron chi connectivity index (χ4n) is 2.16. The van der Waals surface area contributed by atoms with Gasteiger partial charge in [0.15, 0.2) is 6.61 Å². The summed E-state index contributed by atoms with van der Waals surface area (Å²) in [5, 5.41) is 0. The summed E-state index contributed by atoms with van der Waals surface area (Å²) in [4.78, 5) is 25.7. The van der Waals surface area contributed by atoms with Crippen molar-refractivity contribution in [3.05, 3.63) is 24.3 Å². The summed E-state index contributed by atoms with van der Waals surface area (Å²) in [6, 6.07) is 7.11. The predicted molar refractivity (Wildman–Crippen MR) is 95.8 cm³/mol. The van der Waals surface area contributed by atoms with Crippen molar-refractivity contribution in [1.29, 1.82) is 0 Å². The van der Waals surface area contributed by atoms with Crippen molar-refractivity contribution in [2.75, 3.05) is 33.4 Å². The maximum absolute atomic E-state index is 12.5. The average molecular weight is 351 g/mol. The number of carbonyl (C=O) groups excluding carboxylic acids is 2. The first kappa shape index (κ1) is 20.8. The Kier molecular flexibility index (Phi) is 9.43. The number of carbonyl (C=O) groups is 2. The Hall–Kier alpha value is -2.24. The third-order valence-electron chi connectivity index (χ3n) is 3.62. The molecule has 140 valence electrons. The van der Waals surface area contributed by atoms with E-state index in [4.69, 9.17) is 14.2 Å². The van der Waals surface area contributed by atoms with Crippen LogP contribution in [0.5, 0.6) is 11.5 Å². The molecule has 0 atom stereocenters. The van der Waals surface area contributed by atoms with Gasteiger partial charge in [-0.25, -0.2) is 0 Å². The van der Waals surface area contributed by atoms with Gasteiger partial charge in [-0.1, -0.05) is 19.9 Å². The van der Waals surface area contributed by atoms with Crippen LogP contribution in [0.15, 0.2) is 24.3 Å². The van der Waals surface area contributed by atoms with Gasteiger partial charge in [0.1, 0.15) is 11.5 Å². The average Bonchev–Trinajstić information content (AvgIpc) is 2.60. The van der Waals surface area contributed by atoms with Crippen LogP contribution >= 0.6 is 0 Å². The maximum atomic E-state index is 12.5. The quantitative estimate of drug-likeness (QED) is 0.574. The highest BCUT2D eigenvalue weighted by Crippen LogP contribution is 2.18. The molecule has 0 saturated carbocycles. The lowest BCUT2D eigenvalue weighted by Crippen LogP contribution is -2.37. The molecule has 0 unspecified atom stereocenters. The molecular weight excluding hydrogens is 322 g/mol.